The van der Waals surface area contributed by atoms with Crippen molar-refractivity contribution in [3.05, 3.63) is 59.9 Å². The molecule has 0 spiro atoms. The predicted octanol–water partition coefficient (Wildman–Crippen LogP) is 2.27. The van der Waals surface area contributed by atoms with Crippen molar-refractivity contribution in [2.75, 3.05) is 6.61 Å². The first-order chi connectivity index (χ1) is 15.4. The summed E-state index contributed by atoms with van der Waals surface area (Å²) in [7, 11) is -3.78. The number of aromatic nitrogens is 4. The fourth-order valence-electron chi connectivity index (χ4n) is 3.70. The van der Waals surface area contributed by atoms with Crippen LogP contribution in [0.1, 0.15) is 19.3 Å². The van der Waals surface area contributed by atoms with Crippen LogP contribution in [0.15, 0.2) is 59.8 Å². The lowest BCUT2D eigenvalue weighted by molar-refractivity contribution is -0.0891. The van der Waals surface area contributed by atoms with Gasteiger partial charge in [-0.15, -0.1) is 5.10 Å². The van der Waals surface area contributed by atoms with E-state index in [9.17, 15) is 13.5 Å². The van der Waals surface area contributed by atoms with Gasteiger partial charge in [-0.1, -0.05) is 28.9 Å². The van der Waals surface area contributed by atoms with Crippen LogP contribution in [0, 0.1) is 0 Å². The van der Waals surface area contributed by atoms with E-state index in [1.165, 1.54) is 12.1 Å². The first kappa shape index (κ1) is 22.8. The number of ether oxygens (including phenoxy) is 1. The van der Waals surface area contributed by atoms with E-state index in [2.05, 4.69) is 20.0 Å². The topological polar surface area (TPSA) is 119 Å². The van der Waals surface area contributed by atoms with E-state index >= 15 is 0 Å². The Balaban J connectivity index is 1.33. The molecule has 0 amide bonds. The zero-order chi connectivity index (χ0) is 22.6. The third-order valence-corrected chi connectivity index (χ3v) is 7.08. The molecule has 4 rings (SSSR count). The van der Waals surface area contributed by atoms with Crippen molar-refractivity contribution in [2.45, 2.75) is 49.0 Å². The van der Waals surface area contributed by atoms with Crippen molar-refractivity contribution >= 4 is 21.6 Å². The minimum absolute atomic E-state index is 0.0821. The molecule has 1 aliphatic heterocycles. The Bertz CT molecular complexity index is 1140. The number of aliphatic hydroxyl groups is 1. The van der Waals surface area contributed by atoms with E-state index in [-0.39, 0.29) is 17.6 Å². The van der Waals surface area contributed by atoms with Crippen LogP contribution in [-0.2, 0) is 21.3 Å². The summed E-state index contributed by atoms with van der Waals surface area (Å²) in [5, 5.41) is 18.4. The van der Waals surface area contributed by atoms with Crippen LogP contribution in [0.4, 0.5) is 0 Å². The molecular formula is C21H24ClN5O4S. The number of sulfonamides is 1. The van der Waals surface area contributed by atoms with Gasteiger partial charge < -0.3 is 9.84 Å². The van der Waals surface area contributed by atoms with Crippen LogP contribution < -0.4 is 4.72 Å². The van der Waals surface area contributed by atoms with Crippen molar-refractivity contribution in [3.63, 3.8) is 0 Å². The number of aryl methyl sites for hydroxylation is 1. The van der Waals surface area contributed by atoms with Crippen molar-refractivity contribution < 1.29 is 18.3 Å². The Hall–Kier alpha value is -2.37. The summed E-state index contributed by atoms with van der Waals surface area (Å²) in [6.45, 7) is 0.300. The number of hydrogen-bond acceptors (Lipinski definition) is 7. The molecule has 3 aromatic rings. The summed E-state index contributed by atoms with van der Waals surface area (Å²) in [6, 6.07) is 11.1. The van der Waals surface area contributed by atoms with E-state index < -0.39 is 22.2 Å². The second-order valence-corrected chi connectivity index (χ2v) is 9.76. The number of halogens is 1. The molecule has 3 atom stereocenters. The lowest BCUT2D eigenvalue weighted by Gasteiger charge is -2.36. The molecule has 1 fully saturated rings. The molecule has 1 saturated heterocycles. The summed E-state index contributed by atoms with van der Waals surface area (Å²) >= 11 is 5.92. The highest BCUT2D eigenvalue weighted by molar-refractivity contribution is 7.89. The number of benzene rings is 1. The molecule has 2 N–H and O–H groups in total. The molecular weight excluding hydrogens is 454 g/mol. The van der Waals surface area contributed by atoms with Gasteiger partial charge in [0.1, 0.15) is 5.69 Å². The van der Waals surface area contributed by atoms with Gasteiger partial charge >= 0.3 is 0 Å². The molecule has 0 aliphatic carbocycles. The summed E-state index contributed by atoms with van der Waals surface area (Å²) in [5.41, 5.74) is 1.45. The second kappa shape index (κ2) is 10.1. The molecule has 0 radical (unpaired) electrons. The summed E-state index contributed by atoms with van der Waals surface area (Å²) in [4.78, 5) is 4.35. The van der Waals surface area contributed by atoms with Gasteiger partial charge in [0, 0.05) is 17.8 Å². The highest BCUT2D eigenvalue weighted by atomic mass is 35.5. The average Bonchev–Trinajstić information content (AvgIpc) is 3.28. The predicted molar refractivity (Wildman–Crippen MR) is 118 cm³/mol. The summed E-state index contributed by atoms with van der Waals surface area (Å²) in [5.74, 6) is 0. The Kier molecular flexibility index (Phi) is 7.17. The maximum absolute atomic E-state index is 12.7. The minimum atomic E-state index is -3.78. The molecule has 3 heterocycles. The third kappa shape index (κ3) is 5.51. The number of aliphatic hydroxyl groups excluding tert-OH is 1. The summed E-state index contributed by atoms with van der Waals surface area (Å²) < 4.78 is 35.8. The quantitative estimate of drug-likeness (QED) is 0.510. The van der Waals surface area contributed by atoms with Crippen LogP contribution in [0.3, 0.4) is 0 Å². The van der Waals surface area contributed by atoms with Gasteiger partial charge in [-0.25, -0.2) is 13.1 Å². The molecule has 32 heavy (non-hydrogen) atoms. The van der Waals surface area contributed by atoms with E-state index in [0.29, 0.717) is 36.5 Å². The van der Waals surface area contributed by atoms with Crippen molar-refractivity contribution in [1.82, 2.24) is 24.7 Å². The fraction of sp³-hybridized carbons (Fsp3) is 0.381. The first-order valence-electron chi connectivity index (χ1n) is 10.3. The molecule has 1 aromatic carbocycles. The van der Waals surface area contributed by atoms with Gasteiger partial charge in [0.15, 0.2) is 0 Å². The van der Waals surface area contributed by atoms with Crippen molar-refractivity contribution in [2.24, 2.45) is 0 Å². The standard InChI is InChI=1S/C21H24ClN5O4S/c22-15-4-3-5-17(12-15)32(29,30)25-19-8-7-16(31-21(19)14-28)9-11-27-13-20(24-26-27)18-6-1-2-10-23-18/h1-6,10,12-13,16,19,21,25,28H,7-9,11,14H2/t16-,19+,21-/m1/s1. The number of nitrogens with zero attached hydrogens (tertiary/aromatic N) is 4. The van der Waals surface area contributed by atoms with Crippen molar-refractivity contribution in [1.29, 1.82) is 0 Å². The number of hydrogen-bond donors (Lipinski definition) is 2. The van der Waals surface area contributed by atoms with Gasteiger partial charge in [-0.05, 0) is 49.6 Å². The Morgan fingerprint density at radius 1 is 1.19 bits per heavy atom. The molecule has 1 aliphatic rings. The lowest BCUT2D eigenvalue weighted by atomic mass is 9.98. The average molecular weight is 478 g/mol. The molecule has 9 nitrogen and oxygen atoms in total. The highest BCUT2D eigenvalue weighted by Crippen LogP contribution is 2.25. The van der Waals surface area contributed by atoms with Crippen LogP contribution in [-0.4, -0.2) is 58.4 Å². The van der Waals surface area contributed by atoms with Gasteiger partial charge in [0.2, 0.25) is 10.0 Å². The Morgan fingerprint density at radius 3 is 2.81 bits per heavy atom. The van der Waals surface area contributed by atoms with E-state index in [4.69, 9.17) is 16.3 Å². The number of pyridine rings is 1. The SMILES string of the molecule is O=S(=O)(N[C@H]1CC[C@H](CCn2cc(-c3ccccn3)nn2)O[C@@H]1CO)c1cccc(Cl)c1. The number of rotatable bonds is 8. The van der Waals surface area contributed by atoms with E-state index in [1.807, 2.05) is 24.4 Å². The lowest BCUT2D eigenvalue weighted by Crippen LogP contribution is -2.50. The molecule has 0 saturated carbocycles. The van der Waals surface area contributed by atoms with Crippen molar-refractivity contribution in [3.8, 4) is 11.4 Å². The Morgan fingerprint density at radius 2 is 2.06 bits per heavy atom. The molecule has 2 aromatic heterocycles. The van der Waals surface area contributed by atoms with Crippen LogP contribution in [0.2, 0.25) is 5.02 Å². The maximum Gasteiger partial charge on any atom is 0.240 e. The van der Waals surface area contributed by atoms with Gasteiger partial charge in [0.05, 0.1) is 41.6 Å². The van der Waals surface area contributed by atoms with Crippen LogP contribution in [0.5, 0.6) is 0 Å². The third-order valence-electron chi connectivity index (χ3n) is 5.35. The molecule has 11 heteroatoms. The first-order valence-corrected chi connectivity index (χ1v) is 12.2. The van der Waals surface area contributed by atoms with Crippen LogP contribution >= 0.6 is 11.6 Å². The monoisotopic (exact) mass is 477 g/mol. The minimum Gasteiger partial charge on any atom is -0.394 e. The van der Waals surface area contributed by atoms with Crippen LogP contribution in [0.25, 0.3) is 11.4 Å². The molecule has 170 valence electrons. The summed E-state index contributed by atoms with van der Waals surface area (Å²) in [6.07, 6.45) is 4.64. The van der Waals surface area contributed by atoms with Gasteiger partial charge in [-0.3, -0.25) is 9.67 Å². The Labute approximate surface area is 191 Å². The van der Waals surface area contributed by atoms with Gasteiger partial charge in [0.25, 0.3) is 0 Å². The largest absolute Gasteiger partial charge is 0.394 e. The van der Waals surface area contributed by atoms with E-state index in [1.54, 1.807) is 23.0 Å². The fourth-order valence-corrected chi connectivity index (χ4v) is 5.30. The normalized spacial score (nSPS) is 21.5. The van der Waals surface area contributed by atoms with E-state index in [0.717, 1.165) is 5.69 Å². The molecule has 0 unspecified atom stereocenters. The molecule has 0 bridgehead atoms. The second-order valence-electron chi connectivity index (χ2n) is 7.61. The smallest absolute Gasteiger partial charge is 0.240 e. The zero-order valence-electron chi connectivity index (χ0n) is 17.2. The zero-order valence-corrected chi connectivity index (χ0v) is 18.8. The highest BCUT2D eigenvalue weighted by Gasteiger charge is 2.34. The maximum atomic E-state index is 12.7. The van der Waals surface area contributed by atoms with Gasteiger partial charge in [-0.2, -0.15) is 0 Å². The number of nitrogens with one attached hydrogen (secondary N) is 1.